The normalized spacial score (nSPS) is 11.1. The highest BCUT2D eigenvalue weighted by Gasteiger charge is 2.06. The number of nitrogens with two attached hydrogens (primary N) is 1. The molecule has 4 heteroatoms. The fourth-order valence-corrected chi connectivity index (χ4v) is 2.00. The van der Waals surface area contributed by atoms with Crippen LogP contribution in [0, 0.1) is 0 Å². The van der Waals surface area contributed by atoms with Gasteiger partial charge in [0.1, 0.15) is 0 Å². The van der Waals surface area contributed by atoms with Gasteiger partial charge in [0.25, 0.3) is 0 Å². The molecule has 2 aromatic rings. The van der Waals surface area contributed by atoms with Crippen LogP contribution in [0.2, 0.25) is 5.15 Å². The van der Waals surface area contributed by atoms with Crippen LogP contribution in [-0.2, 0) is 13.5 Å². The van der Waals surface area contributed by atoms with Crippen molar-refractivity contribution >= 4 is 22.5 Å². The van der Waals surface area contributed by atoms with E-state index in [2.05, 4.69) is 23.3 Å². The number of fused-ring (bicyclic) bond motifs is 1. The number of hydrogen-bond donors (Lipinski definition) is 1. The van der Waals surface area contributed by atoms with Crippen LogP contribution in [0.15, 0.2) is 18.2 Å². The highest BCUT2D eigenvalue weighted by atomic mass is 35.5. The lowest BCUT2D eigenvalue weighted by Gasteiger charge is -2.00. The zero-order valence-corrected chi connectivity index (χ0v) is 9.46. The maximum atomic E-state index is 6.03. The molecule has 0 aliphatic heterocycles. The average Bonchev–Trinajstić information content (AvgIpc) is 2.52. The molecule has 1 heterocycles. The summed E-state index contributed by atoms with van der Waals surface area (Å²) in [7, 11) is 1.90. The Bertz CT molecular complexity index is 476. The molecule has 0 unspecified atom stereocenters. The number of halogens is 1. The average molecular weight is 224 g/mol. The quantitative estimate of drug-likeness (QED) is 0.866. The molecule has 0 atom stereocenters. The number of nitrogens with zero attached hydrogens (tertiary/aromatic N) is 2. The second-order valence-corrected chi connectivity index (χ2v) is 4.02. The molecule has 0 saturated heterocycles. The standard InChI is InChI=1S/C11H14ClN3/c1-15-10-5-4-8(3-2-6-13)7-9(10)11(12)14-15/h4-5,7H,2-3,6,13H2,1H3. The van der Waals surface area contributed by atoms with E-state index in [1.807, 2.05) is 7.05 Å². The molecule has 15 heavy (non-hydrogen) atoms. The highest BCUT2D eigenvalue weighted by molar-refractivity contribution is 6.34. The summed E-state index contributed by atoms with van der Waals surface area (Å²) < 4.78 is 1.80. The summed E-state index contributed by atoms with van der Waals surface area (Å²) in [6, 6.07) is 6.26. The summed E-state index contributed by atoms with van der Waals surface area (Å²) in [5.74, 6) is 0. The molecule has 0 radical (unpaired) electrons. The SMILES string of the molecule is Cn1nc(Cl)c2cc(CCCN)ccc21. The number of aromatic nitrogens is 2. The minimum atomic E-state index is 0.571. The van der Waals surface area contributed by atoms with E-state index in [9.17, 15) is 0 Å². The van der Waals surface area contributed by atoms with Gasteiger partial charge in [0.2, 0.25) is 0 Å². The summed E-state index contributed by atoms with van der Waals surface area (Å²) in [4.78, 5) is 0. The third kappa shape index (κ3) is 1.98. The third-order valence-electron chi connectivity index (χ3n) is 2.54. The Morgan fingerprint density at radius 2 is 2.27 bits per heavy atom. The first-order valence-electron chi connectivity index (χ1n) is 5.03. The fourth-order valence-electron chi connectivity index (χ4n) is 1.73. The molecular weight excluding hydrogens is 210 g/mol. The molecule has 2 rings (SSSR count). The van der Waals surface area contributed by atoms with Crippen LogP contribution in [-0.4, -0.2) is 16.3 Å². The van der Waals surface area contributed by atoms with Crippen molar-refractivity contribution in [3.8, 4) is 0 Å². The second kappa shape index (κ2) is 4.21. The highest BCUT2D eigenvalue weighted by Crippen LogP contribution is 2.23. The predicted molar refractivity (Wildman–Crippen MR) is 63.1 cm³/mol. The van der Waals surface area contributed by atoms with Crippen LogP contribution in [0.25, 0.3) is 10.9 Å². The Morgan fingerprint density at radius 1 is 1.47 bits per heavy atom. The molecule has 2 N–H and O–H groups in total. The fraction of sp³-hybridized carbons (Fsp3) is 0.364. The number of benzene rings is 1. The number of rotatable bonds is 3. The molecule has 0 fully saturated rings. The Balaban J connectivity index is 2.41. The van der Waals surface area contributed by atoms with E-state index in [0.29, 0.717) is 5.15 Å². The van der Waals surface area contributed by atoms with Crippen LogP contribution >= 0.6 is 11.6 Å². The molecule has 0 aliphatic carbocycles. The maximum absolute atomic E-state index is 6.03. The van der Waals surface area contributed by atoms with Gasteiger partial charge in [0.05, 0.1) is 5.52 Å². The van der Waals surface area contributed by atoms with E-state index in [1.54, 1.807) is 4.68 Å². The minimum Gasteiger partial charge on any atom is -0.330 e. The first-order valence-corrected chi connectivity index (χ1v) is 5.41. The molecular formula is C11H14ClN3. The lowest BCUT2D eigenvalue weighted by molar-refractivity contribution is 0.797. The van der Waals surface area contributed by atoms with Gasteiger partial charge in [-0.3, -0.25) is 4.68 Å². The third-order valence-corrected chi connectivity index (χ3v) is 2.82. The zero-order valence-electron chi connectivity index (χ0n) is 8.70. The number of hydrogen-bond acceptors (Lipinski definition) is 2. The van der Waals surface area contributed by atoms with Crippen LogP contribution in [0.5, 0.6) is 0 Å². The topological polar surface area (TPSA) is 43.8 Å². The van der Waals surface area contributed by atoms with Gasteiger partial charge in [-0.05, 0) is 37.1 Å². The van der Waals surface area contributed by atoms with Crippen molar-refractivity contribution in [1.29, 1.82) is 0 Å². The molecule has 3 nitrogen and oxygen atoms in total. The van der Waals surface area contributed by atoms with Crippen LogP contribution in [0.1, 0.15) is 12.0 Å². The Kier molecular flexibility index (Phi) is 2.93. The first-order chi connectivity index (χ1) is 7.22. The Morgan fingerprint density at radius 3 is 3.00 bits per heavy atom. The molecule has 0 saturated carbocycles. The van der Waals surface area contributed by atoms with Gasteiger partial charge in [-0.1, -0.05) is 17.7 Å². The largest absolute Gasteiger partial charge is 0.330 e. The van der Waals surface area contributed by atoms with E-state index in [0.717, 1.165) is 30.3 Å². The Hall–Kier alpha value is -1.06. The van der Waals surface area contributed by atoms with Gasteiger partial charge < -0.3 is 5.73 Å². The van der Waals surface area contributed by atoms with Crippen LogP contribution in [0.3, 0.4) is 0 Å². The lowest BCUT2D eigenvalue weighted by Crippen LogP contribution is -2.00. The van der Waals surface area contributed by atoms with Gasteiger partial charge in [0.15, 0.2) is 5.15 Å². The lowest BCUT2D eigenvalue weighted by atomic mass is 10.1. The van der Waals surface area contributed by atoms with Crippen LogP contribution < -0.4 is 5.73 Å². The van der Waals surface area contributed by atoms with Crippen molar-refractivity contribution in [3.05, 3.63) is 28.9 Å². The van der Waals surface area contributed by atoms with Crippen molar-refractivity contribution in [2.75, 3.05) is 6.54 Å². The molecule has 1 aromatic carbocycles. The van der Waals surface area contributed by atoms with Gasteiger partial charge in [0, 0.05) is 12.4 Å². The summed E-state index contributed by atoms with van der Waals surface area (Å²) in [6.07, 6.45) is 2.00. The number of aryl methyl sites for hydroxylation is 2. The van der Waals surface area contributed by atoms with Crippen LogP contribution in [0.4, 0.5) is 0 Å². The van der Waals surface area contributed by atoms with Crippen molar-refractivity contribution < 1.29 is 0 Å². The summed E-state index contributed by atoms with van der Waals surface area (Å²) in [6.45, 7) is 0.721. The Labute approximate surface area is 93.8 Å². The van der Waals surface area contributed by atoms with Gasteiger partial charge >= 0.3 is 0 Å². The second-order valence-electron chi connectivity index (χ2n) is 3.66. The summed E-state index contributed by atoms with van der Waals surface area (Å²) in [5.41, 5.74) is 7.81. The first kappa shape index (κ1) is 10.5. The molecule has 0 bridgehead atoms. The molecule has 1 aromatic heterocycles. The van der Waals surface area contributed by atoms with Crippen molar-refractivity contribution in [2.24, 2.45) is 12.8 Å². The van der Waals surface area contributed by atoms with Gasteiger partial charge in [-0.25, -0.2) is 0 Å². The van der Waals surface area contributed by atoms with Gasteiger partial charge in [-0.15, -0.1) is 0 Å². The van der Waals surface area contributed by atoms with E-state index >= 15 is 0 Å². The minimum absolute atomic E-state index is 0.571. The van der Waals surface area contributed by atoms with E-state index in [-0.39, 0.29) is 0 Å². The molecule has 0 spiro atoms. The molecule has 0 aliphatic rings. The predicted octanol–water partition coefficient (Wildman–Crippen LogP) is 2.12. The zero-order chi connectivity index (χ0) is 10.8. The smallest absolute Gasteiger partial charge is 0.158 e. The summed E-state index contributed by atoms with van der Waals surface area (Å²) in [5, 5.41) is 5.76. The molecule has 0 amide bonds. The van der Waals surface area contributed by atoms with Gasteiger partial charge in [-0.2, -0.15) is 5.10 Å². The van der Waals surface area contributed by atoms with Crippen molar-refractivity contribution in [3.63, 3.8) is 0 Å². The molecule has 80 valence electrons. The van der Waals surface area contributed by atoms with E-state index in [4.69, 9.17) is 17.3 Å². The van der Waals surface area contributed by atoms with E-state index < -0.39 is 0 Å². The summed E-state index contributed by atoms with van der Waals surface area (Å²) >= 11 is 6.03. The van der Waals surface area contributed by atoms with Crippen molar-refractivity contribution in [1.82, 2.24) is 9.78 Å². The maximum Gasteiger partial charge on any atom is 0.158 e. The van der Waals surface area contributed by atoms with Crippen molar-refractivity contribution in [2.45, 2.75) is 12.8 Å². The van der Waals surface area contributed by atoms with E-state index in [1.165, 1.54) is 5.56 Å². The monoisotopic (exact) mass is 223 g/mol.